The molecule has 5 heteroatoms. The third-order valence-corrected chi connectivity index (χ3v) is 2.70. The molecule has 0 radical (unpaired) electrons. The van der Waals surface area contributed by atoms with E-state index in [1.165, 1.54) is 0 Å². The third kappa shape index (κ3) is 2.61. The number of aryl methyl sites for hydroxylation is 1. The lowest BCUT2D eigenvalue weighted by Crippen LogP contribution is -2.30. The number of fused-ring (bicyclic) bond motifs is 1. The fourth-order valence-electron chi connectivity index (χ4n) is 1.94. The van der Waals surface area contributed by atoms with Crippen molar-refractivity contribution < 1.29 is 4.79 Å². The summed E-state index contributed by atoms with van der Waals surface area (Å²) in [5, 5.41) is 2.86. The third-order valence-electron chi connectivity index (χ3n) is 2.70. The summed E-state index contributed by atoms with van der Waals surface area (Å²) in [5.74, 6) is 0.482. The SMILES string of the molecule is CC(C)NC(=O)CCn1c(N)nc2ccccc21. The Morgan fingerprint density at radius 2 is 2.17 bits per heavy atom. The molecule has 0 aliphatic heterocycles. The number of carbonyl (C=O) groups is 1. The van der Waals surface area contributed by atoms with Gasteiger partial charge in [0.05, 0.1) is 11.0 Å². The maximum absolute atomic E-state index is 11.6. The van der Waals surface area contributed by atoms with Gasteiger partial charge in [0.15, 0.2) is 0 Å². The number of rotatable bonds is 4. The average molecular weight is 246 g/mol. The van der Waals surface area contributed by atoms with E-state index in [2.05, 4.69) is 10.3 Å². The standard InChI is InChI=1S/C13H18N4O/c1-9(2)15-12(18)7-8-17-11-6-4-3-5-10(11)16-13(17)14/h3-6,9H,7-8H2,1-2H3,(H2,14,16)(H,15,18). The van der Waals surface area contributed by atoms with Gasteiger partial charge < -0.3 is 15.6 Å². The molecule has 18 heavy (non-hydrogen) atoms. The Morgan fingerprint density at radius 3 is 2.89 bits per heavy atom. The molecule has 2 rings (SSSR count). The number of nitrogens with one attached hydrogen (secondary N) is 1. The van der Waals surface area contributed by atoms with Gasteiger partial charge in [-0.2, -0.15) is 0 Å². The number of hydrogen-bond donors (Lipinski definition) is 2. The molecule has 0 fully saturated rings. The van der Waals surface area contributed by atoms with Crippen LogP contribution >= 0.6 is 0 Å². The zero-order valence-electron chi connectivity index (χ0n) is 10.7. The number of para-hydroxylation sites is 2. The fourth-order valence-corrected chi connectivity index (χ4v) is 1.94. The van der Waals surface area contributed by atoms with Gasteiger partial charge in [0.25, 0.3) is 0 Å². The van der Waals surface area contributed by atoms with E-state index >= 15 is 0 Å². The van der Waals surface area contributed by atoms with Crippen LogP contribution in [0.25, 0.3) is 11.0 Å². The molecular formula is C13H18N4O. The summed E-state index contributed by atoms with van der Waals surface area (Å²) in [7, 11) is 0. The van der Waals surface area contributed by atoms with Crippen molar-refractivity contribution in [1.29, 1.82) is 0 Å². The van der Waals surface area contributed by atoms with Gasteiger partial charge in [0.1, 0.15) is 0 Å². The van der Waals surface area contributed by atoms with Crippen LogP contribution in [0, 0.1) is 0 Å². The molecule has 2 aromatic rings. The van der Waals surface area contributed by atoms with Crippen LogP contribution in [0.2, 0.25) is 0 Å². The molecule has 1 aromatic heterocycles. The molecule has 0 saturated heterocycles. The first-order valence-corrected chi connectivity index (χ1v) is 6.08. The van der Waals surface area contributed by atoms with E-state index in [4.69, 9.17) is 5.73 Å². The Morgan fingerprint density at radius 1 is 1.44 bits per heavy atom. The molecule has 0 atom stereocenters. The monoisotopic (exact) mass is 246 g/mol. The van der Waals surface area contributed by atoms with Gasteiger partial charge in [-0.05, 0) is 26.0 Å². The predicted molar refractivity (Wildman–Crippen MR) is 72.0 cm³/mol. The van der Waals surface area contributed by atoms with Crippen LogP contribution in [0.4, 0.5) is 5.95 Å². The second-order valence-electron chi connectivity index (χ2n) is 4.58. The van der Waals surface area contributed by atoms with E-state index in [1.807, 2.05) is 42.7 Å². The number of nitrogens with two attached hydrogens (primary N) is 1. The number of hydrogen-bond acceptors (Lipinski definition) is 3. The van der Waals surface area contributed by atoms with Crippen LogP contribution in [0.5, 0.6) is 0 Å². The summed E-state index contributed by atoms with van der Waals surface area (Å²) in [6, 6.07) is 7.89. The van der Waals surface area contributed by atoms with Crippen molar-refractivity contribution in [2.75, 3.05) is 5.73 Å². The Balaban J connectivity index is 2.12. The minimum absolute atomic E-state index is 0.0298. The van der Waals surface area contributed by atoms with Gasteiger partial charge in [-0.1, -0.05) is 12.1 Å². The summed E-state index contributed by atoms with van der Waals surface area (Å²) >= 11 is 0. The molecule has 1 heterocycles. The highest BCUT2D eigenvalue weighted by atomic mass is 16.1. The van der Waals surface area contributed by atoms with Crippen LogP contribution in [-0.2, 0) is 11.3 Å². The van der Waals surface area contributed by atoms with E-state index in [0.29, 0.717) is 18.9 Å². The molecule has 96 valence electrons. The van der Waals surface area contributed by atoms with Gasteiger partial charge in [0.2, 0.25) is 11.9 Å². The summed E-state index contributed by atoms with van der Waals surface area (Å²) in [6.07, 6.45) is 0.405. The van der Waals surface area contributed by atoms with Crippen LogP contribution in [0.1, 0.15) is 20.3 Å². The normalized spacial score (nSPS) is 11.1. The summed E-state index contributed by atoms with van der Waals surface area (Å²) in [4.78, 5) is 15.9. The number of anilines is 1. The van der Waals surface area contributed by atoms with Crippen molar-refractivity contribution >= 4 is 22.9 Å². The number of aromatic nitrogens is 2. The van der Waals surface area contributed by atoms with Gasteiger partial charge >= 0.3 is 0 Å². The number of imidazole rings is 1. The minimum atomic E-state index is 0.0298. The maximum atomic E-state index is 11.6. The van der Waals surface area contributed by atoms with Crippen LogP contribution in [0.15, 0.2) is 24.3 Å². The lowest BCUT2D eigenvalue weighted by Gasteiger charge is -2.09. The lowest BCUT2D eigenvalue weighted by molar-refractivity contribution is -0.121. The Kier molecular flexibility index (Phi) is 3.50. The summed E-state index contributed by atoms with van der Waals surface area (Å²) < 4.78 is 1.87. The van der Waals surface area contributed by atoms with Gasteiger partial charge in [-0.15, -0.1) is 0 Å². The number of carbonyl (C=O) groups excluding carboxylic acids is 1. The zero-order valence-corrected chi connectivity index (χ0v) is 10.7. The Hall–Kier alpha value is -2.04. The van der Waals surface area contributed by atoms with Gasteiger partial charge in [0, 0.05) is 19.0 Å². The first kappa shape index (κ1) is 12.4. The van der Waals surface area contributed by atoms with E-state index < -0.39 is 0 Å². The molecule has 0 saturated carbocycles. The van der Waals surface area contributed by atoms with E-state index in [9.17, 15) is 4.79 Å². The molecule has 5 nitrogen and oxygen atoms in total. The molecule has 0 spiro atoms. The fraction of sp³-hybridized carbons (Fsp3) is 0.385. The number of amides is 1. The van der Waals surface area contributed by atoms with Gasteiger partial charge in [-0.25, -0.2) is 4.98 Å². The quantitative estimate of drug-likeness (QED) is 0.859. The first-order chi connectivity index (χ1) is 8.58. The second kappa shape index (κ2) is 5.08. The predicted octanol–water partition coefficient (Wildman–Crippen LogP) is 1.53. The zero-order chi connectivity index (χ0) is 13.1. The first-order valence-electron chi connectivity index (χ1n) is 6.08. The van der Waals surface area contributed by atoms with Crippen molar-refractivity contribution in [2.45, 2.75) is 32.9 Å². The molecular weight excluding hydrogens is 228 g/mol. The maximum Gasteiger partial charge on any atom is 0.221 e. The van der Waals surface area contributed by atoms with Crippen LogP contribution in [-0.4, -0.2) is 21.5 Å². The molecule has 3 N–H and O–H groups in total. The molecule has 0 aliphatic carbocycles. The highest BCUT2D eigenvalue weighted by Crippen LogP contribution is 2.17. The molecule has 0 aliphatic rings. The Bertz CT molecular complexity index is 559. The summed E-state index contributed by atoms with van der Waals surface area (Å²) in [5.41, 5.74) is 7.69. The van der Waals surface area contributed by atoms with Crippen LogP contribution < -0.4 is 11.1 Å². The van der Waals surface area contributed by atoms with E-state index in [1.54, 1.807) is 0 Å². The molecule has 0 bridgehead atoms. The van der Waals surface area contributed by atoms with Crippen molar-refractivity contribution in [3.8, 4) is 0 Å². The second-order valence-corrected chi connectivity index (χ2v) is 4.58. The molecule has 1 amide bonds. The highest BCUT2D eigenvalue weighted by molar-refractivity contribution is 5.79. The molecule has 0 unspecified atom stereocenters. The lowest BCUT2D eigenvalue weighted by atomic mass is 10.3. The largest absolute Gasteiger partial charge is 0.369 e. The van der Waals surface area contributed by atoms with Crippen LogP contribution in [0.3, 0.4) is 0 Å². The summed E-state index contributed by atoms with van der Waals surface area (Å²) in [6.45, 7) is 4.43. The number of nitrogen functional groups attached to an aromatic ring is 1. The number of benzene rings is 1. The van der Waals surface area contributed by atoms with Gasteiger partial charge in [-0.3, -0.25) is 4.79 Å². The van der Waals surface area contributed by atoms with Crippen molar-refractivity contribution in [3.05, 3.63) is 24.3 Å². The van der Waals surface area contributed by atoms with E-state index in [-0.39, 0.29) is 11.9 Å². The van der Waals surface area contributed by atoms with Crippen molar-refractivity contribution in [3.63, 3.8) is 0 Å². The number of nitrogens with zero attached hydrogens (tertiary/aromatic N) is 2. The smallest absolute Gasteiger partial charge is 0.221 e. The highest BCUT2D eigenvalue weighted by Gasteiger charge is 2.09. The van der Waals surface area contributed by atoms with Crippen molar-refractivity contribution in [1.82, 2.24) is 14.9 Å². The van der Waals surface area contributed by atoms with E-state index in [0.717, 1.165) is 11.0 Å². The van der Waals surface area contributed by atoms with Crippen molar-refractivity contribution in [2.24, 2.45) is 0 Å². The minimum Gasteiger partial charge on any atom is -0.369 e. The molecule has 1 aromatic carbocycles. The average Bonchev–Trinajstić information content (AvgIpc) is 2.61. The topological polar surface area (TPSA) is 72.9 Å². The Labute approximate surface area is 106 Å².